The molecule has 0 saturated carbocycles. The Morgan fingerprint density at radius 2 is 1.95 bits per heavy atom. The number of carbonyl (C=O) groups excluding carboxylic acids is 1. The van der Waals surface area contributed by atoms with Gasteiger partial charge >= 0.3 is 0 Å². The second-order valence-corrected chi connectivity index (χ2v) is 10.8. The van der Waals surface area contributed by atoms with Crippen LogP contribution in [0.5, 0.6) is 11.5 Å². The number of hydrogen-bond acceptors (Lipinski definition) is 5. The fourth-order valence-corrected chi connectivity index (χ4v) is 6.73. The molecule has 3 aromatic rings. The van der Waals surface area contributed by atoms with Gasteiger partial charge in [0.05, 0.1) is 35.9 Å². The Labute approximate surface area is 223 Å². The van der Waals surface area contributed by atoms with Gasteiger partial charge in [-0.2, -0.15) is 0 Å². The van der Waals surface area contributed by atoms with Crippen molar-refractivity contribution in [2.45, 2.75) is 37.0 Å². The van der Waals surface area contributed by atoms with Crippen LogP contribution in [0.15, 0.2) is 42.5 Å². The van der Waals surface area contributed by atoms with Crippen LogP contribution in [0.3, 0.4) is 0 Å². The zero-order valence-electron chi connectivity index (χ0n) is 20.4. The largest absolute Gasteiger partial charge is 0.490 e. The van der Waals surface area contributed by atoms with E-state index in [2.05, 4.69) is 5.32 Å². The van der Waals surface area contributed by atoms with Crippen molar-refractivity contribution in [3.8, 4) is 22.6 Å². The van der Waals surface area contributed by atoms with Crippen LogP contribution in [0.4, 0.5) is 8.78 Å². The SMILES string of the molecule is NC(=O)c1cc2c(c(F)c1-c1c(Cl)c(F)cc3c1C[C@](c1ccccc1)([C@@H]1CCCN1)O3)OCC1COC21. The lowest BCUT2D eigenvalue weighted by Gasteiger charge is -2.41. The van der Waals surface area contributed by atoms with E-state index in [0.29, 0.717) is 24.2 Å². The van der Waals surface area contributed by atoms with E-state index in [1.807, 2.05) is 30.3 Å². The quantitative estimate of drug-likeness (QED) is 0.486. The molecule has 2 unspecified atom stereocenters. The molecule has 0 radical (unpaired) electrons. The molecule has 2 saturated heterocycles. The van der Waals surface area contributed by atoms with Crippen LogP contribution in [0.1, 0.15) is 46.0 Å². The maximum atomic E-state index is 16.4. The van der Waals surface area contributed by atoms with Crippen LogP contribution in [-0.4, -0.2) is 31.7 Å². The summed E-state index contributed by atoms with van der Waals surface area (Å²) in [4.78, 5) is 12.7. The molecular formula is C29H25ClF2N2O4. The van der Waals surface area contributed by atoms with Gasteiger partial charge < -0.3 is 25.3 Å². The number of primary amides is 1. The molecule has 3 aromatic carbocycles. The molecule has 4 aliphatic heterocycles. The van der Waals surface area contributed by atoms with Gasteiger partial charge in [0.2, 0.25) is 5.91 Å². The molecule has 2 fully saturated rings. The molecule has 3 N–H and O–H groups in total. The first-order chi connectivity index (χ1) is 18.4. The summed E-state index contributed by atoms with van der Waals surface area (Å²) in [6.07, 6.45) is 1.73. The highest BCUT2D eigenvalue weighted by Gasteiger charge is 2.50. The predicted octanol–water partition coefficient (Wildman–Crippen LogP) is 5.05. The number of rotatable bonds is 4. The molecule has 0 spiro atoms. The minimum Gasteiger partial charge on any atom is -0.490 e. The van der Waals surface area contributed by atoms with Gasteiger partial charge in [-0.05, 0) is 31.0 Å². The molecule has 38 heavy (non-hydrogen) atoms. The van der Waals surface area contributed by atoms with Gasteiger partial charge in [-0.3, -0.25) is 4.79 Å². The van der Waals surface area contributed by atoms with Crippen LogP contribution in [-0.2, 0) is 16.8 Å². The zero-order valence-corrected chi connectivity index (χ0v) is 21.1. The standard InChI is InChI=1S/C29H25ClF2N2O4/c30-24-19(31)10-20-18(11-29(38-20,21-7-4-8-34-21)15-5-2-1-3-6-15)22(24)23-16(28(33)35)9-17-26-14(12-36-26)13-37-27(17)25(23)32/h1-3,5-6,9-10,14,21,26,34H,4,7-8,11-13H2,(H2,33,35)/t14?,21-,26?,29-/m0/s1. The van der Waals surface area contributed by atoms with Crippen LogP contribution in [0, 0.1) is 17.6 Å². The maximum Gasteiger partial charge on any atom is 0.249 e. The summed E-state index contributed by atoms with van der Waals surface area (Å²) < 4.78 is 49.7. The number of amides is 1. The number of carbonyl (C=O) groups is 1. The monoisotopic (exact) mass is 538 g/mol. The molecule has 4 atom stereocenters. The Kier molecular flexibility index (Phi) is 5.44. The molecule has 4 heterocycles. The second kappa shape index (κ2) is 8.66. The van der Waals surface area contributed by atoms with Gasteiger partial charge in [0.25, 0.3) is 0 Å². The molecule has 6 nitrogen and oxygen atoms in total. The molecule has 7 rings (SSSR count). The van der Waals surface area contributed by atoms with Crippen LogP contribution >= 0.6 is 11.6 Å². The molecule has 4 aliphatic rings. The Morgan fingerprint density at radius 1 is 1.13 bits per heavy atom. The van der Waals surface area contributed by atoms with Crippen molar-refractivity contribution in [1.29, 1.82) is 0 Å². The number of nitrogens with one attached hydrogen (secondary N) is 1. The fourth-order valence-electron chi connectivity index (χ4n) is 6.47. The summed E-state index contributed by atoms with van der Waals surface area (Å²) in [5.41, 5.74) is 6.53. The Bertz CT molecular complexity index is 1480. The van der Waals surface area contributed by atoms with Crippen molar-refractivity contribution in [2.24, 2.45) is 11.7 Å². The van der Waals surface area contributed by atoms with Crippen molar-refractivity contribution >= 4 is 17.5 Å². The van der Waals surface area contributed by atoms with Crippen molar-refractivity contribution < 1.29 is 27.8 Å². The third-order valence-corrected chi connectivity index (χ3v) is 8.70. The first-order valence-corrected chi connectivity index (χ1v) is 13.2. The van der Waals surface area contributed by atoms with Gasteiger partial charge in [-0.1, -0.05) is 41.9 Å². The normalized spacial score (nSPS) is 27.0. The number of fused-ring (bicyclic) bond motifs is 4. The summed E-state index contributed by atoms with van der Waals surface area (Å²) in [6.45, 7) is 1.61. The summed E-state index contributed by atoms with van der Waals surface area (Å²) in [6, 6.07) is 12.4. The van der Waals surface area contributed by atoms with Crippen molar-refractivity contribution in [1.82, 2.24) is 5.32 Å². The smallest absolute Gasteiger partial charge is 0.249 e. The number of ether oxygens (including phenoxy) is 3. The minimum atomic E-state index is -0.868. The van der Waals surface area contributed by atoms with Crippen LogP contribution in [0.25, 0.3) is 11.1 Å². The third-order valence-electron chi connectivity index (χ3n) is 8.34. The molecule has 0 bridgehead atoms. The van der Waals surface area contributed by atoms with Crippen molar-refractivity contribution in [3.05, 3.63) is 81.4 Å². The topological polar surface area (TPSA) is 82.8 Å². The first kappa shape index (κ1) is 23.9. The van der Waals surface area contributed by atoms with E-state index < -0.39 is 23.1 Å². The van der Waals surface area contributed by atoms with E-state index in [-0.39, 0.29) is 57.9 Å². The highest BCUT2D eigenvalue weighted by atomic mass is 35.5. The Hall–Kier alpha value is -3.20. The van der Waals surface area contributed by atoms with E-state index in [0.717, 1.165) is 24.9 Å². The third kappa shape index (κ3) is 3.33. The maximum absolute atomic E-state index is 16.4. The summed E-state index contributed by atoms with van der Waals surface area (Å²) in [7, 11) is 0. The average molecular weight is 539 g/mol. The highest BCUT2D eigenvalue weighted by Crippen LogP contribution is 2.54. The van der Waals surface area contributed by atoms with Crippen LogP contribution < -0.4 is 20.5 Å². The Balaban J connectivity index is 1.46. The summed E-state index contributed by atoms with van der Waals surface area (Å²) in [5.74, 6) is -2.13. The van der Waals surface area contributed by atoms with Gasteiger partial charge in [0.1, 0.15) is 11.6 Å². The predicted molar refractivity (Wildman–Crippen MR) is 136 cm³/mol. The van der Waals surface area contributed by atoms with E-state index in [1.165, 1.54) is 12.1 Å². The lowest BCUT2D eigenvalue weighted by molar-refractivity contribution is -0.143. The van der Waals surface area contributed by atoms with E-state index in [9.17, 15) is 4.79 Å². The lowest BCUT2D eigenvalue weighted by atomic mass is 9.79. The number of halogens is 3. The molecule has 9 heteroatoms. The summed E-state index contributed by atoms with van der Waals surface area (Å²) in [5, 5.41) is 3.22. The van der Waals surface area contributed by atoms with Gasteiger partial charge in [0, 0.05) is 40.7 Å². The number of hydrogen-bond donors (Lipinski definition) is 2. The summed E-state index contributed by atoms with van der Waals surface area (Å²) >= 11 is 6.57. The van der Waals surface area contributed by atoms with E-state index in [1.54, 1.807) is 0 Å². The van der Waals surface area contributed by atoms with Gasteiger partial charge in [-0.25, -0.2) is 8.78 Å². The average Bonchev–Trinajstić information content (AvgIpc) is 3.55. The van der Waals surface area contributed by atoms with Crippen molar-refractivity contribution in [3.63, 3.8) is 0 Å². The molecule has 0 aliphatic carbocycles. The molecule has 0 aromatic heterocycles. The minimum absolute atomic E-state index is 0.0225. The van der Waals surface area contributed by atoms with E-state index >= 15 is 8.78 Å². The molecule has 1 amide bonds. The Morgan fingerprint density at radius 3 is 2.63 bits per heavy atom. The van der Waals surface area contributed by atoms with Gasteiger partial charge in [0.15, 0.2) is 17.2 Å². The van der Waals surface area contributed by atoms with Crippen molar-refractivity contribution in [2.75, 3.05) is 19.8 Å². The molecule has 196 valence electrons. The molecular weight excluding hydrogens is 514 g/mol. The zero-order chi connectivity index (χ0) is 26.2. The number of benzene rings is 3. The fraction of sp³-hybridized carbons (Fsp3) is 0.345. The second-order valence-electron chi connectivity index (χ2n) is 10.4. The number of nitrogens with two attached hydrogens (primary N) is 1. The highest BCUT2D eigenvalue weighted by molar-refractivity contribution is 6.34. The lowest BCUT2D eigenvalue weighted by Crippen LogP contribution is -2.48. The van der Waals surface area contributed by atoms with Gasteiger partial charge in [-0.15, -0.1) is 0 Å². The van der Waals surface area contributed by atoms with E-state index in [4.69, 9.17) is 31.5 Å². The first-order valence-electron chi connectivity index (χ1n) is 12.8. The van der Waals surface area contributed by atoms with Crippen LogP contribution in [0.2, 0.25) is 5.02 Å².